The molecule has 0 radical (unpaired) electrons. The van der Waals surface area contributed by atoms with Gasteiger partial charge in [-0.25, -0.2) is 0 Å². The molecule has 0 bridgehead atoms. The van der Waals surface area contributed by atoms with E-state index in [4.69, 9.17) is 40.0 Å². The normalized spacial score (nSPS) is 28.6. The third-order valence-electron chi connectivity index (χ3n) is 3.51. The fourth-order valence-electron chi connectivity index (χ4n) is 2.03. The summed E-state index contributed by atoms with van der Waals surface area (Å²) >= 11 is 0. The van der Waals surface area contributed by atoms with Crippen molar-refractivity contribution < 1.29 is 59.0 Å². The summed E-state index contributed by atoms with van der Waals surface area (Å²) in [6.07, 6.45) is -4.38. The van der Waals surface area contributed by atoms with E-state index in [2.05, 4.69) is 9.72 Å². The standard InChI is InChI=1S/C7H11NO7P2.C5H10O5/c9-7(17(13,14)15,5-16(10,11)12)6-2-1-3-8-4-6;6-2-1-10-5(9)4(8)3(2)7/h1-4,9H,5H2,(H2,10,11,12)(H2,13,14,15);2-9H,1H2/t7-;2-,3-,4+,5+/m10/s1. The Morgan fingerprint density at radius 1 is 1.11 bits per heavy atom. The molecule has 9 N–H and O–H groups in total. The van der Waals surface area contributed by atoms with Gasteiger partial charge in [0.2, 0.25) is 5.34 Å². The molecule has 1 aromatic rings. The fraction of sp³-hybridized carbons (Fsp3) is 0.583. The summed E-state index contributed by atoms with van der Waals surface area (Å²) in [6, 6.07) is 2.41. The number of rotatable bonds is 4. The maximum Gasteiger partial charge on any atom is 0.362 e. The second-order valence-corrected chi connectivity index (χ2v) is 9.17. The number of hydrogen-bond donors (Lipinski definition) is 9. The molecule has 1 aliphatic heterocycles. The van der Waals surface area contributed by atoms with Gasteiger partial charge in [-0.3, -0.25) is 14.1 Å². The van der Waals surface area contributed by atoms with Crippen molar-refractivity contribution in [3.8, 4) is 0 Å². The Labute approximate surface area is 152 Å². The van der Waals surface area contributed by atoms with Crippen LogP contribution in [0.3, 0.4) is 0 Å². The molecule has 5 atom stereocenters. The van der Waals surface area contributed by atoms with Crippen LogP contribution in [0, 0.1) is 0 Å². The van der Waals surface area contributed by atoms with Crippen molar-refractivity contribution in [1.29, 1.82) is 0 Å². The Hall–Kier alpha value is -0.790. The molecule has 0 aliphatic carbocycles. The van der Waals surface area contributed by atoms with Crippen LogP contribution in [0.15, 0.2) is 24.5 Å². The van der Waals surface area contributed by atoms with E-state index < -0.39 is 51.3 Å². The summed E-state index contributed by atoms with van der Waals surface area (Å²) in [7, 11) is -10.0. The van der Waals surface area contributed by atoms with Gasteiger partial charge in [0.1, 0.15) is 18.3 Å². The summed E-state index contributed by atoms with van der Waals surface area (Å²) in [4.78, 5) is 39.2. The molecule has 0 spiro atoms. The Morgan fingerprint density at radius 3 is 2.11 bits per heavy atom. The molecule has 0 aromatic carbocycles. The van der Waals surface area contributed by atoms with Gasteiger partial charge >= 0.3 is 15.2 Å². The van der Waals surface area contributed by atoms with Crippen LogP contribution in [0.1, 0.15) is 5.56 Å². The molecule has 1 aromatic heterocycles. The molecule has 0 unspecified atom stereocenters. The van der Waals surface area contributed by atoms with Gasteiger partial charge in [-0.05, 0) is 6.07 Å². The maximum absolute atomic E-state index is 11.2. The number of nitrogens with zero attached hydrogens (tertiary/aromatic N) is 1. The van der Waals surface area contributed by atoms with E-state index in [1.54, 1.807) is 0 Å². The second kappa shape index (κ2) is 9.14. The van der Waals surface area contributed by atoms with Crippen molar-refractivity contribution in [3.05, 3.63) is 30.1 Å². The van der Waals surface area contributed by atoms with E-state index in [-0.39, 0.29) is 12.2 Å². The van der Waals surface area contributed by atoms with Gasteiger partial charge in [0, 0.05) is 18.0 Å². The highest BCUT2D eigenvalue weighted by Crippen LogP contribution is 2.60. The van der Waals surface area contributed by atoms with E-state index in [1.807, 2.05) is 0 Å². The van der Waals surface area contributed by atoms with Crippen molar-refractivity contribution >= 4 is 15.2 Å². The van der Waals surface area contributed by atoms with Crippen molar-refractivity contribution in [2.75, 3.05) is 12.8 Å². The molecular weight excluding hydrogens is 412 g/mol. The third kappa shape index (κ3) is 6.64. The Morgan fingerprint density at radius 2 is 1.70 bits per heavy atom. The first-order valence-electron chi connectivity index (χ1n) is 7.26. The van der Waals surface area contributed by atoms with Gasteiger partial charge in [-0.2, -0.15) is 0 Å². The summed E-state index contributed by atoms with van der Waals surface area (Å²) in [6.45, 7) is -0.153. The quantitative estimate of drug-likeness (QED) is 0.215. The number of aliphatic hydroxyl groups excluding tert-OH is 4. The molecule has 15 heteroatoms. The van der Waals surface area contributed by atoms with Crippen molar-refractivity contribution in [2.24, 2.45) is 0 Å². The minimum atomic E-state index is -5.18. The number of aliphatic hydroxyl groups is 5. The van der Waals surface area contributed by atoms with Crippen LogP contribution in [0.4, 0.5) is 0 Å². The lowest BCUT2D eigenvalue weighted by Gasteiger charge is -2.31. The summed E-state index contributed by atoms with van der Waals surface area (Å²) in [5.41, 5.74) is -0.350. The summed E-state index contributed by atoms with van der Waals surface area (Å²) < 4.78 is 26.5. The maximum atomic E-state index is 11.2. The lowest BCUT2D eigenvalue weighted by Crippen LogP contribution is -2.52. The first-order chi connectivity index (χ1) is 12.2. The number of pyridine rings is 1. The summed E-state index contributed by atoms with van der Waals surface area (Å²) in [5.74, 6) is 0. The van der Waals surface area contributed by atoms with Crippen LogP contribution in [0.25, 0.3) is 0 Å². The molecule has 2 heterocycles. The van der Waals surface area contributed by atoms with E-state index in [1.165, 1.54) is 12.3 Å². The topological polar surface area (TPSA) is 238 Å². The Balaban J connectivity index is 0.000000309. The lowest BCUT2D eigenvalue weighted by molar-refractivity contribution is -0.252. The molecule has 1 saturated heterocycles. The average Bonchev–Trinajstić information content (AvgIpc) is 2.55. The first kappa shape index (κ1) is 24.2. The largest absolute Gasteiger partial charge is 0.388 e. The highest BCUT2D eigenvalue weighted by atomic mass is 31.2. The minimum Gasteiger partial charge on any atom is -0.388 e. The fourth-order valence-corrected chi connectivity index (χ4v) is 4.54. The molecule has 0 amide bonds. The van der Waals surface area contributed by atoms with Crippen LogP contribution in [0.5, 0.6) is 0 Å². The highest BCUT2D eigenvalue weighted by Gasteiger charge is 2.51. The molecule has 1 fully saturated rings. The van der Waals surface area contributed by atoms with E-state index in [0.717, 1.165) is 12.3 Å². The predicted octanol–water partition coefficient (Wildman–Crippen LogP) is -3.00. The van der Waals surface area contributed by atoms with Gasteiger partial charge in [-0.1, -0.05) is 6.07 Å². The minimum absolute atomic E-state index is 0.153. The number of hydrogen-bond acceptors (Lipinski definition) is 9. The van der Waals surface area contributed by atoms with Crippen LogP contribution in [-0.2, 0) is 19.2 Å². The van der Waals surface area contributed by atoms with Gasteiger partial charge < -0.3 is 49.8 Å². The van der Waals surface area contributed by atoms with Gasteiger partial charge in [0.25, 0.3) is 0 Å². The predicted molar refractivity (Wildman–Crippen MR) is 87.1 cm³/mol. The van der Waals surface area contributed by atoms with Gasteiger partial charge in [-0.15, -0.1) is 0 Å². The van der Waals surface area contributed by atoms with E-state index in [0.29, 0.717) is 0 Å². The molecule has 156 valence electrons. The van der Waals surface area contributed by atoms with Crippen molar-refractivity contribution in [3.63, 3.8) is 0 Å². The zero-order chi connectivity index (χ0) is 21.0. The molecular formula is C12H21NO12P2. The smallest absolute Gasteiger partial charge is 0.362 e. The SMILES string of the molecule is O=P(O)(O)C[C@](O)(c1cccnc1)P(=O)(O)O.O[C@@H]1[C@@H](O)[C@@H](O)CO[C@H]1O. The Kier molecular flexibility index (Phi) is 8.21. The second-order valence-electron chi connectivity index (χ2n) is 5.70. The highest BCUT2D eigenvalue weighted by molar-refractivity contribution is 7.56. The molecule has 13 nitrogen and oxygen atoms in total. The van der Waals surface area contributed by atoms with E-state index in [9.17, 15) is 14.2 Å². The molecule has 2 rings (SSSR count). The van der Waals surface area contributed by atoms with Crippen LogP contribution >= 0.6 is 15.2 Å². The summed E-state index contributed by atoms with van der Waals surface area (Å²) in [5, 5.41) is 42.2. The molecule has 27 heavy (non-hydrogen) atoms. The van der Waals surface area contributed by atoms with Crippen LogP contribution in [-0.4, -0.2) is 87.5 Å². The Bertz CT molecular complexity index is 679. The first-order valence-corrected chi connectivity index (χ1v) is 10.7. The van der Waals surface area contributed by atoms with Crippen molar-refractivity contribution in [1.82, 2.24) is 4.98 Å². The zero-order valence-electron chi connectivity index (χ0n) is 13.6. The molecule has 1 aliphatic rings. The number of ether oxygens (including phenoxy) is 1. The number of aromatic nitrogens is 1. The monoisotopic (exact) mass is 433 g/mol. The van der Waals surface area contributed by atoms with Gasteiger partial charge in [0.05, 0.1) is 12.8 Å². The zero-order valence-corrected chi connectivity index (χ0v) is 15.4. The lowest BCUT2D eigenvalue weighted by atomic mass is 10.1. The van der Waals surface area contributed by atoms with E-state index >= 15 is 0 Å². The van der Waals surface area contributed by atoms with Gasteiger partial charge in [0.15, 0.2) is 6.29 Å². The third-order valence-corrected chi connectivity index (χ3v) is 6.01. The van der Waals surface area contributed by atoms with Crippen LogP contribution in [0.2, 0.25) is 0 Å². The van der Waals surface area contributed by atoms with Crippen LogP contribution < -0.4 is 0 Å². The van der Waals surface area contributed by atoms with Crippen molar-refractivity contribution in [2.45, 2.75) is 29.9 Å². The molecule has 0 saturated carbocycles. The average molecular weight is 433 g/mol.